The van der Waals surface area contributed by atoms with Gasteiger partial charge in [-0.15, -0.1) is 0 Å². The van der Waals surface area contributed by atoms with Crippen molar-refractivity contribution in [2.45, 2.75) is 72.4 Å². The fourth-order valence-electron chi connectivity index (χ4n) is 3.87. The number of rotatable bonds is 3. The van der Waals surface area contributed by atoms with Crippen LogP contribution in [-0.4, -0.2) is 17.7 Å². The number of nitrogen functional groups attached to an aromatic ring is 1. The standard InChI is InChI=1S/C20H33N3O2/c1-13-9-15(12-20(5,6)11-13)22-17-8-7-14(10-16(17)21)23-18(24)25-19(2,3)4/h7-8,10,13,15,22H,9,11-12,21H2,1-6H3,(H,23,24). The van der Waals surface area contributed by atoms with Gasteiger partial charge in [-0.2, -0.15) is 0 Å². The van der Waals surface area contributed by atoms with Crippen LogP contribution in [0, 0.1) is 11.3 Å². The molecule has 1 aliphatic rings. The molecule has 2 rings (SSSR count). The van der Waals surface area contributed by atoms with Crippen molar-refractivity contribution in [1.82, 2.24) is 0 Å². The van der Waals surface area contributed by atoms with Gasteiger partial charge in [-0.1, -0.05) is 20.8 Å². The number of nitrogens with two attached hydrogens (primary N) is 1. The smallest absolute Gasteiger partial charge is 0.412 e. The lowest BCUT2D eigenvalue weighted by atomic mass is 9.70. The molecule has 1 fully saturated rings. The lowest BCUT2D eigenvalue weighted by Gasteiger charge is -2.39. The molecule has 5 nitrogen and oxygen atoms in total. The molecular weight excluding hydrogens is 314 g/mol. The Balaban J connectivity index is 2.01. The van der Waals surface area contributed by atoms with E-state index in [-0.39, 0.29) is 0 Å². The van der Waals surface area contributed by atoms with Crippen molar-refractivity contribution in [3.05, 3.63) is 18.2 Å². The molecule has 2 unspecified atom stereocenters. The van der Waals surface area contributed by atoms with Crippen LogP contribution in [0.1, 0.15) is 60.8 Å². The van der Waals surface area contributed by atoms with Gasteiger partial charge >= 0.3 is 6.09 Å². The summed E-state index contributed by atoms with van der Waals surface area (Å²) in [5, 5.41) is 6.31. The largest absolute Gasteiger partial charge is 0.444 e. The molecule has 0 saturated heterocycles. The minimum absolute atomic E-state index is 0.350. The molecule has 5 heteroatoms. The Bertz CT molecular complexity index is 620. The van der Waals surface area contributed by atoms with Crippen LogP contribution in [0.3, 0.4) is 0 Å². The van der Waals surface area contributed by atoms with Crippen LogP contribution >= 0.6 is 0 Å². The zero-order valence-corrected chi connectivity index (χ0v) is 16.4. The summed E-state index contributed by atoms with van der Waals surface area (Å²) in [4.78, 5) is 11.9. The van der Waals surface area contributed by atoms with E-state index in [0.29, 0.717) is 28.7 Å². The highest BCUT2D eigenvalue weighted by Gasteiger charge is 2.32. The second-order valence-corrected chi connectivity index (χ2v) is 9.18. The number of nitrogens with one attached hydrogen (secondary N) is 2. The van der Waals surface area contributed by atoms with Crippen LogP contribution in [-0.2, 0) is 4.74 Å². The highest BCUT2D eigenvalue weighted by molar-refractivity contribution is 5.87. The summed E-state index contributed by atoms with van der Waals surface area (Å²) in [5.41, 5.74) is 8.20. The van der Waals surface area contributed by atoms with Crippen LogP contribution in [0.5, 0.6) is 0 Å². The lowest BCUT2D eigenvalue weighted by molar-refractivity contribution is 0.0636. The molecular formula is C20H33N3O2. The molecule has 0 heterocycles. The molecule has 140 valence electrons. The number of carbonyl (C=O) groups excluding carboxylic acids is 1. The Morgan fingerprint density at radius 3 is 2.52 bits per heavy atom. The van der Waals surface area contributed by atoms with Gasteiger partial charge in [0, 0.05) is 11.7 Å². The van der Waals surface area contributed by atoms with Crippen LogP contribution in [0.25, 0.3) is 0 Å². The predicted molar refractivity (Wildman–Crippen MR) is 105 cm³/mol. The van der Waals surface area contributed by atoms with E-state index in [1.54, 1.807) is 6.07 Å². The first-order valence-corrected chi connectivity index (χ1v) is 9.10. The molecule has 0 aromatic heterocycles. The molecule has 1 aliphatic carbocycles. The van der Waals surface area contributed by atoms with Gasteiger partial charge in [-0.25, -0.2) is 4.79 Å². The van der Waals surface area contributed by atoms with Crippen LogP contribution < -0.4 is 16.4 Å². The third kappa shape index (κ3) is 6.15. The van der Waals surface area contributed by atoms with Gasteiger partial charge in [0.25, 0.3) is 0 Å². The summed E-state index contributed by atoms with van der Waals surface area (Å²) in [7, 11) is 0. The second kappa shape index (κ2) is 7.14. The van der Waals surface area contributed by atoms with Gasteiger partial charge in [-0.05, 0) is 69.6 Å². The van der Waals surface area contributed by atoms with E-state index in [1.165, 1.54) is 6.42 Å². The molecule has 2 atom stereocenters. The van der Waals surface area contributed by atoms with E-state index in [9.17, 15) is 4.79 Å². The quantitative estimate of drug-likeness (QED) is 0.653. The molecule has 1 saturated carbocycles. The van der Waals surface area contributed by atoms with Crippen molar-refractivity contribution in [3.8, 4) is 0 Å². The molecule has 25 heavy (non-hydrogen) atoms. The Morgan fingerprint density at radius 2 is 1.96 bits per heavy atom. The molecule has 4 N–H and O–H groups in total. The maximum atomic E-state index is 11.9. The van der Waals surface area contributed by atoms with Crippen molar-refractivity contribution in [2.24, 2.45) is 11.3 Å². The fraction of sp³-hybridized carbons (Fsp3) is 0.650. The molecule has 0 radical (unpaired) electrons. The fourth-order valence-corrected chi connectivity index (χ4v) is 3.87. The van der Waals surface area contributed by atoms with Gasteiger partial charge in [0.2, 0.25) is 0 Å². The predicted octanol–water partition coefficient (Wildman–Crippen LogP) is 5.24. The Labute approximate surface area is 151 Å². The SMILES string of the molecule is CC1CC(Nc2ccc(NC(=O)OC(C)(C)C)cc2N)CC(C)(C)C1. The molecule has 0 bridgehead atoms. The topological polar surface area (TPSA) is 76.4 Å². The van der Waals surface area contributed by atoms with Gasteiger partial charge < -0.3 is 15.8 Å². The zero-order valence-electron chi connectivity index (χ0n) is 16.4. The summed E-state index contributed by atoms with van der Waals surface area (Å²) < 4.78 is 5.26. The van der Waals surface area contributed by atoms with Crippen LogP contribution in [0.4, 0.5) is 21.9 Å². The highest BCUT2D eigenvalue weighted by Crippen LogP contribution is 2.40. The normalized spacial score (nSPS) is 23.0. The van der Waals surface area contributed by atoms with Crippen molar-refractivity contribution in [2.75, 3.05) is 16.4 Å². The van der Waals surface area contributed by atoms with E-state index in [2.05, 4.69) is 31.4 Å². The monoisotopic (exact) mass is 347 g/mol. The average Bonchev–Trinajstić information content (AvgIpc) is 2.37. The Hall–Kier alpha value is -1.91. The van der Waals surface area contributed by atoms with Gasteiger partial charge in [0.1, 0.15) is 5.60 Å². The van der Waals surface area contributed by atoms with Crippen molar-refractivity contribution in [1.29, 1.82) is 0 Å². The third-order valence-corrected chi connectivity index (χ3v) is 4.44. The lowest BCUT2D eigenvalue weighted by Crippen LogP contribution is -2.35. The maximum absolute atomic E-state index is 11.9. The summed E-state index contributed by atoms with van der Waals surface area (Å²) in [6, 6.07) is 5.96. The number of benzene rings is 1. The van der Waals surface area contributed by atoms with Crippen molar-refractivity contribution < 1.29 is 9.53 Å². The summed E-state index contributed by atoms with van der Waals surface area (Å²) >= 11 is 0. The zero-order chi connectivity index (χ0) is 18.8. The van der Waals surface area contributed by atoms with E-state index < -0.39 is 11.7 Å². The number of hydrogen-bond donors (Lipinski definition) is 3. The minimum Gasteiger partial charge on any atom is -0.444 e. The van der Waals surface area contributed by atoms with E-state index in [1.807, 2.05) is 32.9 Å². The molecule has 1 aromatic carbocycles. The van der Waals surface area contributed by atoms with Crippen LogP contribution in [0.2, 0.25) is 0 Å². The van der Waals surface area contributed by atoms with Gasteiger partial charge in [0.05, 0.1) is 11.4 Å². The van der Waals surface area contributed by atoms with E-state index >= 15 is 0 Å². The van der Waals surface area contributed by atoms with E-state index in [4.69, 9.17) is 10.5 Å². The Kier molecular flexibility index (Phi) is 5.55. The molecule has 0 aliphatic heterocycles. The second-order valence-electron chi connectivity index (χ2n) is 9.18. The van der Waals surface area contributed by atoms with Crippen molar-refractivity contribution >= 4 is 23.2 Å². The van der Waals surface area contributed by atoms with Crippen molar-refractivity contribution in [3.63, 3.8) is 0 Å². The first-order valence-electron chi connectivity index (χ1n) is 9.10. The molecule has 0 spiro atoms. The number of carbonyl (C=O) groups is 1. The minimum atomic E-state index is -0.526. The summed E-state index contributed by atoms with van der Waals surface area (Å²) in [6.45, 7) is 12.5. The third-order valence-electron chi connectivity index (χ3n) is 4.44. The maximum Gasteiger partial charge on any atom is 0.412 e. The summed E-state index contributed by atoms with van der Waals surface area (Å²) in [5.74, 6) is 0.704. The number of ether oxygens (including phenoxy) is 1. The first-order chi connectivity index (χ1) is 11.4. The number of hydrogen-bond acceptors (Lipinski definition) is 4. The molecule has 1 amide bonds. The molecule has 1 aromatic rings. The van der Waals surface area contributed by atoms with Crippen LogP contribution in [0.15, 0.2) is 18.2 Å². The van der Waals surface area contributed by atoms with E-state index in [0.717, 1.165) is 18.5 Å². The Morgan fingerprint density at radius 1 is 1.28 bits per heavy atom. The highest BCUT2D eigenvalue weighted by atomic mass is 16.6. The summed E-state index contributed by atoms with van der Waals surface area (Å²) in [6.07, 6.45) is 3.07. The van der Waals surface area contributed by atoms with Gasteiger partial charge in [-0.3, -0.25) is 5.32 Å². The average molecular weight is 348 g/mol. The number of amides is 1. The first kappa shape index (κ1) is 19.4. The number of anilines is 3. The van der Waals surface area contributed by atoms with Gasteiger partial charge in [0.15, 0.2) is 0 Å².